The maximum Gasteiger partial charge on any atom is 0.338 e. The number of fused-ring (bicyclic) bond motifs is 1. The highest BCUT2D eigenvalue weighted by atomic mass is 32.1. The van der Waals surface area contributed by atoms with E-state index in [1.165, 1.54) is 35.5 Å². The zero-order valence-electron chi connectivity index (χ0n) is 17.9. The van der Waals surface area contributed by atoms with Gasteiger partial charge in [-0.3, -0.25) is 9.36 Å². The summed E-state index contributed by atoms with van der Waals surface area (Å²) < 4.78 is 13.4. The lowest BCUT2D eigenvalue weighted by Crippen LogP contribution is -2.39. The molecule has 0 spiro atoms. The first kappa shape index (κ1) is 21.0. The number of rotatable bonds is 5. The van der Waals surface area contributed by atoms with Crippen molar-refractivity contribution in [1.29, 1.82) is 0 Å². The first-order valence-corrected chi connectivity index (χ1v) is 12.3. The van der Waals surface area contributed by atoms with E-state index in [2.05, 4.69) is 9.89 Å². The highest BCUT2D eigenvalue weighted by Crippen LogP contribution is 2.33. The summed E-state index contributed by atoms with van der Waals surface area (Å²) in [6.45, 7) is 5.80. The highest BCUT2D eigenvalue weighted by molar-refractivity contribution is 7.10. The van der Waals surface area contributed by atoms with Crippen molar-refractivity contribution in [3.63, 3.8) is 0 Å². The van der Waals surface area contributed by atoms with Gasteiger partial charge in [-0.25, -0.2) is 9.79 Å². The van der Waals surface area contributed by atoms with Gasteiger partial charge >= 0.3 is 5.97 Å². The number of allylic oxidation sites excluding steroid dienone is 1. The number of esters is 1. The Bertz CT molecular complexity index is 1350. The van der Waals surface area contributed by atoms with E-state index in [0.29, 0.717) is 26.4 Å². The van der Waals surface area contributed by atoms with Crippen LogP contribution in [0.3, 0.4) is 0 Å². The molecule has 32 heavy (non-hydrogen) atoms. The topological polar surface area (TPSA) is 77.0 Å². The van der Waals surface area contributed by atoms with Crippen molar-refractivity contribution in [2.45, 2.75) is 32.7 Å². The van der Waals surface area contributed by atoms with Crippen LogP contribution >= 0.6 is 22.7 Å². The second-order valence-corrected chi connectivity index (χ2v) is 9.68. The van der Waals surface area contributed by atoms with Gasteiger partial charge in [0.15, 0.2) is 10.7 Å². The minimum absolute atomic E-state index is 0.194. The molecule has 1 saturated heterocycles. The molecule has 0 N–H and O–H groups in total. The molecule has 5 rings (SSSR count). The zero-order valence-corrected chi connectivity index (χ0v) is 19.5. The van der Waals surface area contributed by atoms with Crippen LogP contribution in [0.5, 0.6) is 0 Å². The second kappa shape index (κ2) is 8.55. The Morgan fingerprint density at radius 1 is 1.31 bits per heavy atom. The molecule has 9 heteroatoms. The maximum atomic E-state index is 13.5. The average molecular weight is 470 g/mol. The summed E-state index contributed by atoms with van der Waals surface area (Å²) in [4.78, 5) is 34.5. The third-order valence-corrected chi connectivity index (χ3v) is 7.54. The van der Waals surface area contributed by atoms with Crippen LogP contribution in [0, 0.1) is 0 Å². The van der Waals surface area contributed by atoms with Crippen LogP contribution in [0.1, 0.15) is 43.4 Å². The van der Waals surface area contributed by atoms with Gasteiger partial charge in [-0.1, -0.05) is 17.4 Å². The first-order chi connectivity index (χ1) is 15.6. The Kier molecular flexibility index (Phi) is 5.60. The van der Waals surface area contributed by atoms with Gasteiger partial charge in [0.1, 0.15) is 11.8 Å². The smallest absolute Gasteiger partial charge is 0.338 e. The van der Waals surface area contributed by atoms with E-state index in [1.54, 1.807) is 24.5 Å². The van der Waals surface area contributed by atoms with Crippen molar-refractivity contribution >= 4 is 40.6 Å². The number of furan rings is 1. The fraction of sp³-hybridized carbons (Fsp3) is 0.348. The van der Waals surface area contributed by atoms with Crippen LogP contribution in [0.2, 0.25) is 0 Å². The fourth-order valence-electron chi connectivity index (χ4n) is 4.16. The number of aromatic nitrogens is 1. The molecule has 1 unspecified atom stereocenters. The van der Waals surface area contributed by atoms with Crippen LogP contribution < -0.4 is 19.8 Å². The molecule has 2 aliphatic heterocycles. The summed E-state index contributed by atoms with van der Waals surface area (Å²) in [5, 5.41) is 1.94. The molecule has 7 nitrogen and oxygen atoms in total. The van der Waals surface area contributed by atoms with Crippen LogP contribution in [0.25, 0.3) is 6.08 Å². The number of carbonyl (C=O) groups is 1. The standard InChI is InChI=1S/C23H23N3O4S2/c1-3-29-22(28)19-14(2)24-23-26(20(19)16-7-6-12-31-16)21(27)17(32-23)13-15-8-9-18(30-15)25-10-4-5-11-25/h6-9,12-13,20H,3-5,10-11H2,1-2H3/b17-13+. The number of ether oxygens (including phenoxy) is 1. The molecule has 0 amide bonds. The lowest BCUT2D eigenvalue weighted by atomic mass is 10.0. The van der Waals surface area contributed by atoms with E-state index >= 15 is 0 Å². The van der Waals surface area contributed by atoms with Gasteiger partial charge in [-0.05, 0) is 44.2 Å². The summed E-state index contributed by atoms with van der Waals surface area (Å²) in [5.41, 5.74) is 0.784. The number of thiazole rings is 1. The van der Waals surface area contributed by atoms with E-state index in [4.69, 9.17) is 9.15 Å². The van der Waals surface area contributed by atoms with Crippen LogP contribution in [0.4, 0.5) is 5.88 Å². The van der Waals surface area contributed by atoms with Crippen molar-refractivity contribution in [3.05, 3.63) is 71.2 Å². The monoisotopic (exact) mass is 469 g/mol. The molecular formula is C23H23N3O4S2. The fourth-order valence-corrected chi connectivity index (χ4v) is 6.01. The molecule has 2 aliphatic rings. The molecule has 0 aliphatic carbocycles. The molecule has 0 aromatic carbocycles. The van der Waals surface area contributed by atoms with E-state index in [0.717, 1.165) is 23.9 Å². The van der Waals surface area contributed by atoms with Gasteiger partial charge in [-0.15, -0.1) is 11.3 Å². The summed E-state index contributed by atoms with van der Waals surface area (Å²) in [6, 6.07) is 7.13. The van der Waals surface area contributed by atoms with Crippen molar-refractivity contribution in [1.82, 2.24) is 4.57 Å². The molecular weight excluding hydrogens is 446 g/mol. The molecule has 5 heterocycles. The SMILES string of the molecule is CCOC(=O)C1=C(C)N=c2s/c(=C/c3ccc(N4CCCC4)o3)c(=O)n2C1c1cccs1. The molecule has 1 atom stereocenters. The van der Waals surface area contributed by atoms with Gasteiger partial charge in [0.05, 0.1) is 22.4 Å². The van der Waals surface area contributed by atoms with Gasteiger partial charge in [0, 0.05) is 30.1 Å². The minimum Gasteiger partial charge on any atom is -0.463 e. The average Bonchev–Trinajstić information content (AvgIpc) is 3.57. The van der Waals surface area contributed by atoms with Crippen LogP contribution in [-0.4, -0.2) is 30.2 Å². The van der Waals surface area contributed by atoms with Gasteiger partial charge in [0.2, 0.25) is 0 Å². The maximum absolute atomic E-state index is 13.5. The van der Waals surface area contributed by atoms with E-state index in [9.17, 15) is 9.59 Å². The van der Waals surface area contributed by atoms with Crippen molar-refractivity contribution < 1.29 is 13.9 Å². The Balaban J connectivity index is 1.61. The predicted octanol–water partition coefficient (Wildman–Crippen LogP) is 3.05. The summed E-state index contributed by atoms with van der Waals surface area (Å²) in [7, 11) is 0. The Morgan fingerprint density at radius 2 is 2.12 bits per heavy atom. The number of carbonyl (C=O) groups excluding carboxylic acids is 1. The summed E-state index contributed by atoms with van der Waals surface area (Å²) in [5.74, 6) is 1.02. The van der Waals surface area contributed by atoms with Crippen LogP contribution in [0.15, 0.2) is 55.1 Å². The highest BCUT2D eigenvalue weighted by Gasteiger charge is 2.33. The molecule has 1 fully saturated rings. The predicted molar refractivity (Wildman–Crippen MR) is 125 cm³/mol. The van der Waals surface area contributed by atoms with Crippen molar-refractivity contribution in [2.24, 2.45) is 4.99 Å². The number of thiophene rings is 1. The number of hydrogen-bond acceptors (Lipinski definition) is 8. The third-order valence-electron chi connectivity index (χ3n) is 5.63. The first-order valence-electron chi connectivity index (χ1n) is 10.6. The normalized spacial score (nSPS) is 18.8. The molecule has 166 valence electrons. The Morgan fingerprint density at radius 3 is 2.84 bits per heavy atom. The summed E-state index contributed by atoms with van der Waals surface area (Å²) >= 11 is 2.80. The molecule has 3 aromatic rings. The van der Waals surface area contributed by atoms with Gasteiger partial charge in [0.25, 0.3) is 5.56 Å². The van der Waals surface area contributed by atoms with Crippen LogP contribution in [-0.2, 0) is 9.53 Å². The number of nitrogens with zero attached hydrogens (tertiary/aromatic N) is 3. The van der Waals surface area contributed by atoms with Crippen molar-refractivity contribution in [3.8, 4) is 0 Å². The molecule has 0 bridgehead atoms. The van der Waals surface area contributed by atoms with Gasteiger partial charge in [-0.2, -0.15) is 0 Å². The van der Waals surface area contributed by atoms with Crippen molar-refractivity contribution in [2.75, 3.05) is 24.6 Å². The Hall–Kier alpha value is -2.91. The number of anilines is 1. The molecule has 3 aromatic heterocycles. The van der Waals surface area contributed by atoms with E-state index < -0.39 is 12.0 Å². The molecule has 0 radical (unpaired) electrons. The minimum atomic E-state index is -0.552. The summed E-state index contributed by atoms with van der Waals surface area (Å²) in [6.07, 6.45) is 4.09. The quantitative estimate of drug-likeness (QED) is 0.537. The third kappa shape index (κ3) is 3.65. The van der Waals surface area contributed by atoms with E-state index in [-0.39, 0.29) is 12.2 Å². The molecule has 0 saturated carbocycles. The zero-order chi connectivity index (χ0) is 22.2. The van der Waals surface area contributed by atoms with E-state index in [1.807, 2.05) is 29.6 Å². The van der Waals surface area contributed by atoms with Gasteiger partial charge < -0.3 is 14.1 Å². The largest absolute Gasteiger partial charge is 0.463 e. The Labute approximate surface area is 192 Å². The lowest BCUT2D eigenvalue weighted by Gasteiger charge is -2.23. The second-order valence-electron chi connectivity index (χ2n) is 7.69. The lowest BCUT2D eigenvalue weighted by molar-refractivity contribution is -0.139. The number of hydrogen-bond donors (Lipinski definition) is 0.